The maximum atomic E-state index is 12.5. The molecule has 0 saturated carbocycles. The van der Waals surface area contributed by atoms with E-state index in [2.05, 4.69) is 9.97 Å². The Morgan fingerprint density at radius 2 is 2.03 bits per heavy atom. The molecule has 152 valence electrons. The molecular weight excluding hydrogens is 406 g/mol. The van der Waals surface area contributed by atoms with Gasteiger partial charge in [0.05, 0.1) is 18.6 Å². The van der Waals surface area contributed by atoms with Gasteiger partial charge in [-0.2, -0.15) is 5.26 Å². The molecule has 0 bridgehead atoms. The highest BCUT2D eigenvalue weighted by molar-refractivity contribution is 7.99. The van der Waals surface area contributed by atoms with Gasteiger partial charge in [0.15, 0.2) is 10.9 Å². The van der Waals surface area contributed by atoms with Gasteiger partial charge in [-0.3, -0.25) is 14.4 Å². The van der Waals surface area contributed by atoms with E-state index in [0.29, 0.717) is 16.9 Å². The summed E-state index contributed by atoms with van der Waals surface area (Å²) < 4.78 is 6.59. The molecule has 3 rings (SSSR count). The predicted octanol–water partition coefficient (Wildman–Crippen LogP) is 1.73. The lowest BCUT2D eigenvalue weighted by Crippen LogP contribution is -2.15. The molecule has 0 aliphatic carbocycles. The van der Waals surface area contributed by atoms with E-state index < -0.39 is 11.5 Å². The number of nitrogens with zero attached hydrogens (tertiary/aromatic N) is 3. The van der Waals surface area contributed by atoms with Crippen LogP contribution in [0.2, 0.25) is 0 Å². The summed E-state index contributed by atoms with van der Waals surface area (Å²) in [6.07, 6.45) is 1.51. The fraction of sp³-hybridized carbons (Fsp3) is 0.150. The van der Waals surface area contributed by atoms with Gasteiger partial charge in [-0.25, -0.2) is 4.98 Å². The molecule has 9 nitrogen and oxygen atoms in total. The third kappa shape index (κ3) is 4.26. The minimum absolute atomic E-state index is 0.0287. The third-order valence-electron chi connectivity index (χ3n) is 4.29. The number of methoxy groups -OCH3 is 1. The first-order chi connectivity index (χ1) is 14.3. The lowest BCUT2D eigenvalue weighted by Gasteiger charge is -2.07. The van der Waals surface area contributed by atoms with Gasteiger partial charge < -0.3 is 20.0 Å². The van der Waals surface area contributed by atoms with Gasteiger partial charge in [-0.15, -0.1) is 0 Å². The van der Waals surface area contributed by atoms with E-state index in [1.807, 2.05) is 6.07 Å². The van der Waals surface area contributed by atoms with Gasteiger partial charge in [0.1, 0.15) is 23.1 Å². The van der Waals surface area contributed by atoms with Crippen LogP contribution in [0.3, 0.4) is 0 Å². The summed E-state index contributed by atoms with van der Waals surface area (Å²) in [7, 11) is 3.15. The number of aromatic amines is 1. The number of ketones is 1. The topological polar surface area (TPSA) is 144 Å². The Hall–Kier alpha value is -3.84. The molecule has 30 heavy (non-hydrogen) atoms. The van der Waals surface area contributed by atoms with Gasteiger partial charge in [0.2, 0.25) is 0 Å². The normalized spacial score (nSPS) is 10.4. The van der Waals surface area contributed by atoms with Crippen molar-refractivity contribution in [3.8, 4) is 23.1 Å². The summed E-state index contributed by atoms with van der Waals surface area (Å²) in [4.78, 5) is 43.0. The standard InChI is InChI=1S/C20H17N5O4S/c1-25-9-12(7-15(25)18(22)27)16(26)10-30-20-23-17(14(8-21)19(28)24-20)11-3-5-13(29-2)6-4-11/h3-7,9H,10H2,1-2H3,(H2,22,27)(H,23,24,28). The molecule has 10 heteroatoms. The van der Waals surface area contributed by atoms with Gasteiger partial charge in [0.25, 0.3) is 11.5 Å². The number of nitriles is 1. The van der Waals surface area contributed by atoms with Gasteiger partial charge in [-0.05, 0) is 30.3 Å². The minimum atomic E-state index is -0.633. The van der Waals surface area contributed by atoms with E-state index in [1.54, 1.807) is 31.3 Å². The molecular formula is C20H17N5O4S. The van der Waals surface area contributed by atoms with Crippen molar-refractivity contribution in [2.24, 2.45) is 12.8 Å². The van der Waals surface area contributed by atoms with Crippen LogP contribution in [0, 0.1) is 11.3 Å². The predicted molar refractivity (Wildman–Crippen MR) is 111 cm³/mol. The summed E-state index contributed by atoms with van der Waals surface area (Å²) >= 11 is 1.02. The quantitative estimate of drug-likeness (QED) is 0.334. The Morgan fingerprint density at radius 1 is 1.33 bits per heavy atom. The number of thioether (sulfide) groups is 1. The largest absolute Gasteiger partial charge is 0.497 e. The van der Waals surface area contributed by atoms with Crippen LogP contribution < -0.4 is 16.0 Å². The van der Waals surface area contributed by atoms with E-state index in [-0.39, 0.29) is 33.6 Å². The maximum absolute atomic E-state index is 12.5. The van der Waals surface area contributed by atoms with Crippen LogP contribution in [-0.4, -0.2) is 39.1 Å². The monoisotopic (exact) mass is 423 g/mol. The Bertz CT molecular complexity index is 1220. The number of H-pyrrole nitrogens is 1. The molecule has 3 N–H and O–H groups in total. The fourth-order valence-electron chi connectivity index (χ4n) is 2.76. The molecule has 0 atom stereocenters. The number of ether oxygens (including phenoxy) is 1. The molecule has 0 spiro atoms. The Kier molecular flexibility index (Phi) is 6.03. The van der Waals surface area contributed by atoms with Crippen LogP contribution in [0.4, 0.5) is 0 Å². The lowest BCUT2D eigenvalue weighted by atomic mass is 10.1. The van der Waals surface area contributed by atoms with Crippen LogP contribution in [0.5, 0.6) is 5.75 Å². The number of Topliss-reactive ketones (excluding diaryl/α,β-unsaturated/α-hetero) is 1. The second-order valence-corrected chi connectivity index (χ2v) is 7.20. The molecule has 0 aliphatic heterocycles. The number of benzene rings is 1. The van der Waals surface area contributed by atoms with E-state index >= 15 is 0 Å². The third-order valence-corrected chi connectivity index (χ3v) is 5.17. The smallest absolute Gasteiger partial charge is 0.270 e. The number of nitrogens with two attached hydrogens (primary N) is 1. The summed E-state index contributed by atoms with van der Waals surface area (Å²) in [6.45, 7) is 0. The summed E-state index contributed by atoms with van der Waals surface area (Å²) in [5.74, 6) is -0.299. The number of amides is 1. The number of aromatic nitrogens is 3. The molecule has 0 radical (unpaired) electrons. The van der Waals surface area contributed by atoms with Crippen LogP contribution >= 0.6 is 11.8 Å². The maximum Gasteiger partial charge on any atom is 0.270 e. The highest BCUT2D eigenvalue weighted by Crippen LogP contribution is 2.24. The van der Waals surface area contributed by atoms with E-state index in [0.717, 1.165) is 11.8 Å². The van der Waals surface area contributed by atoms with Crippen molar-refractivity contribution in [1.82, 2.24) is 14.5 Å². The zero-order valence-electron chi connectivity index (χ0n) is 16.1. The van der Waals surface area contributed by atoms with Crippen LogP contribution in [0.15, 0.2) is 46.5 Å². The number of primary amides is 1. The lowest BCUT2D eigenvalue weighted by molar-refractivity contribution is 0.0991. The molecule has 0 unspecified atom stereocenters. The second kappa shape index (κ2) is 8.67. The highest BCUT2D eigenvalue weighted by atomic mass is 32.2. The van der Waals surface area contributed by atoms with Crippen LogP contribution in [0.1, 0.15) is 26.4 Å². The SMILES string of the molecule is COc1ccc(-c2nc(SCC(=O)c3cc(C(N)=O)n(C)c3)[nH]c(=O)c2C#N)cc1. The van der Waals surface area contributed by atoms with Crippen molar-refractivity contribution in [3.63, 3.8) is 0 Å². The van der Waals surface area contributed by atoms with E-state index in [1.165, 1.54) is 23.9 Å². The van der Waals surface area contributed by atoms with Gasteiger partial charge >= 0.3 is 0 Å². The molecule has 3 aromatic rings. The number of hydrogen-bond donors (Lipinski definition) is 2. The van der Waals surface area contributed by atoms with Crippen LogP contribution in [-0.2, 0) is 7.05 Å². The highest BCUT2D eigenvalue weighted by Gasteiger charge is 2.17. The van der Waals surface area contributed by atoms with Crippen molar-refractivity contribution < 1.29 is 14.3 Å². The molecule has 1 aromatic carbocycles. The first-order valence-electron chi connectivity index (χ1n) is 8.65. The summed E-state index contributed by atoms with van der Waals surface area (Å²) in [6, 6.07) is 10.1. The minimum Gasteiger partial charge on any atom is -0.497 e. The van der Waals surface area contributed by atoms with Gasteiger partial charge in [-0.1, -0.05) is 11.8 Å². The van der Waals surface area contributed by atoms with Crippen LogP contribution in [0.25, 0.3) is 11.3 Å². The van der Waals surface area contributed by atoms with Crippen molar-refractivity contribution in [3.05, 3.63) is 63.7 Å². The first-order valence-corrected chi connectivity index (χ1v) is 9.63. The number of carbonyl (C=O) groups is 2. The summed E-state index contributed by atoms with van der Waals surface area (Å²) in [5, 5.41) is 9.55. The number of nitrogens with one attached hydrogen (secondary N) is 1. The zero-order chi connectivity index (χ0) is 21.8. The molecule has 2 aromatic heterocycles. The van der Waals surface area contributed by atoms with E-state index in [9.17, 15) is 19.6 Å². The molecule has 1 amide bonds. The Morgan fingerprint density at radius 3 is 2.60 bits per heavy atom. The zero-order valence-corrected chi connectivity index (χ0v) is 16.9. The van der Waals surface area contributed by atoms with Crippen molar-refractivity contribution in [2.45, 2.75) is 5.16 Å². The first kappa shape index (κ1) is 20.9. The number of hydrogen-bond acceptors (Lipinski definition) is 7. The van der Waals surface area contributed by atoms with Gasteiger partial charge in [0, 0.05) is 24.4 Å². The van der Waals surface area contributed by atoms with Crippen molar-refractivity contribution in [2.75, 3.05) is 12.9 Å². The second-order valence-electron chi connectivity index (χ2n) is 6.24. The number of rotatable bonds is 7. The average Bonchev–Trinajstić information content (AvgIpc) is 3.13. The Labute approximate surface area is 175 Å². The van der Waals surface area contributed by atoms with Crippen molar-refractivity contribution >= 4 is 23.5 Å². The molecule has 0 fully saturated rings. The molecule has 0 saturated heterocycles. The summed E-state index contributed by atoms with van der Waals surface area (Å²) in [5.41, 5.74) is 5.88. The molecule has 0 aliphatic rings. The Balaban J connectivity index is 1.86. The molecule has 2 heterocycles. The fourth-order valence-corrected chi connectivity index (χ4v) is 3.52. The number of carbonyl (C=O) groups excluding carboxylic acids is 2. The average molecular weight is 423 g/mol. The van der Waals surface area contributed by atoms with Crippen molar-refractivity contribution in [1.29, 1.82) is 5.26 Å². The van der Waals surface area contributed by atoms with E-state index in [4.69, 9.17) is 10.5 Å². The number of aryl methyl sites for hydroxylation is 1.